The number of para-hydroxylation sites is 1. The minimum Gasteiger partial charge on any atom is -0.496 e. The Morgan fingerprint density at radius 1 is 1.40 bits per heavy atom. The van der Waals surface area contributed by atoms with Gasteiger partial charge in [0.05, 0.1) is 13.7 Å². The van der Waals surface area contributed by atoms with E-state index in [1.54, 1.807) is 7.11 Å². The molecule has 2 heterocycles. The summed E-state index contributed by atoms with van der Waals surface area (Å²) < 4.78 is 16.2. The maximum Gasteiger partial charge on any atom is 0.257 e. The fourth-order valence-electron chi connectivity index (χ4n) is 2.21. The van der Waals surface area contributed by atoms with E-state index in [4.69, 9.17) is 14.0 Å². The Morgan fingerprint density at radius 3 is 3.10 bits per heavy atom. The van der Waals surface area contributed by atoms with E-state index >= 15 is 0 Å². The summed E-state index contributed by atoms with van der Waals surface area (Å²) in [6.07, 6.45) is 0.427. The summed E-state index contributed by atoms with van der Waals surface area (Å²) in [5.74, 6) is 2.00. The van der Waals surface area contributed by atoms with Crippen molar-refractivity contribution in [2.45, 2.75) is 12.5 Å². The number of nitrogens with one attached hydrogen (secondary N) is 1. The number of methoxy groups -OCH3 is 1. The van der Waals surface area contributed by atoms with Crippen LogP contribution in [0.15, 0.2) is 28.8 Å². The van der Waals surface area contributed by atoms with Crippen LogP contribution in [0, 0.1) is 0 Å². The number of nitrogens with zero attached hydrogens (tertiary/aromatic N) is 2. The summed E-state index contributed by atoms with van der Waals surface area (Å²) in [4.78, 5) is 4.41. The average Bonchev–Trinajstić information content (AvgIpc) is 2.97. The molecule has 1 saturated heterocycles. The van der Waals surface area contributed by atoms with Crippen LogP contribution in [0.5, 0.6) is 5.75 Å². The van der Waals surface area contributed by atoms with Gasteiger partial charge in [-0.2, -0.15) is 4.98 Å². The zero-order valence-electron chi connectivity index (χ0n) is 11.3. The molecule has 1 aliphatic heterocycles. The van der Waals surface area contributed by atoms with Crippen molar-refractivity contribution in [2.75, 3.05) is 26.8 Å². The minimum atomic E-state index is -0.150. The zero-order chi connectivity index (χ0) is 13.8. The van der Waals surface area contributed by atoms with E-state index in [9.17, 15) is 0 Å². The average molecular weight is 275 g/mol. The molecule has 0 bridgehead atoms. The van der Waals surface area contributed by atoms with Crippen molar-refractivity contribution >= 4 is 0 Å². The summed E-state index contributed by atoms with van der Waals surface area (Å²) >= 11 is 0. The van der Waals surface area contributed by atoms with Gasteiger partial charge in [0.2, 0.25) is 0 Å². The first-order valence-electron chi connectivity index (χ1n) is 6.63. The first kappa shape index (κ1) is 13.1. The topological polar surface area (TPSA) is 69.4 Å². The Morgan fingerprint density at radius 2 is 2.30 bits per heavy atom. The van der Waals surface area contributed by atoms with Gasteiger partial charge in [-0.05, 0) is 6.07 Å². The number of benzene rings is 1. The van der Waals surface area contributed by atoms with E-state index in [0.717, 1.165) is 17.9 Å². The molecule has 6 nitrogen and oxygen atoms in total. The molecule has 0 radical (unpaired) electrons. The van der Waals surface area contributed by atoms with Crippen LogP contribution in [-0.2, 0) is 11.2 Å². The highest BCUT2D eigenvalue weighted by Crippen LogP contribution is 2.21. The van der Waals surface area contributed by atoms with E-state index in [1.807, 2.05) is 24.3 Å². The van der Waals surface area contributed by atoms with Gasteiger partial charge in [0.15, 0.2) is 5.82 Å². The van der Waals surface area contributed by atoms with Crippen LogP contribution in [0.25, 0.3) is 0 Å². The lowest BCUT2D eigenvalue weighted by Crippen LogP contribution is -2.33. The van der Waals surface area contributed by atoms with Crippen molar-refractivity contribution in [1.29, 1.82) is 0 Å². The highest BCUT2D eigenvalue weighted by Gasteiger charge is 2.22. The van der Waals surface area contributed by atoms with Crippen molar-refractivity contribution in [1.82, 2.24) is 15.5 Å². The van der Waals surface area contributed by atoms with E-state index in [-0.39, 0.29) is 6.10 Å². The molecule has 3 rings (SSSR count). The van der Waals surface area contributed by atoms with E-state index < -0.39 is 0 Å². The predicted octanol–water partition coefficient (Wildman–Crippen LogP) is 1.33. The second kappa shape index (κ2) is 6.02. The lowest BCUT2D eigenvalue weighted by molar-refractivity contribution is 0.00755. The molecule has 1 N–H and O–H groups in total. The molecule has 1 aromatic heterocycles. The first-order chi connectivity index (χ1) is 9.86. The number of rotatable bonds is 4. The van der Waals surface area contributed by atoms with Crippen molar-refractivity contribution in [3.63, 3.8) is 0 Å². The summed E-state index contributed by atoms with van der Waals surface area (Å²) in [5, 5.41) is 7.25. The maximum atomic E-state index is 5.59. The summed E-state index contributed by atoms with van der Waals surface area (Å²) in [7, 11) is 1.65. The molecule has 106 valence electrons. The SMILES string of the molecule is COc1ccccc1Cc1noc(C2CNCCO2)n1. The second-order valence-electron chi connectivity index (χ2n) is 4.60. The Balaban J connectivity index is 1.73. The summed E-state index contributed by atoms with van der Waals surface area (Å²) in [5.41, 5.74) is 1.03. The molecule has 1 fully saturated rings. The van der Waals surface area contributed by atoms with Crippen LogP contribution in [0.3, 0.4) is 0 Å². The molecular weight excluding hydrogens is 258 g/mol. The van der Waals surface area contributed by atoms with Crippen molar-refractivity contribution < 1.29 is 14.0 Å². The zero-order valence-corrected chi connectivity index (χ0v) is 11.3. The monoisotopic (exact) mass is 275 g/mol. The van der Waals surface area contributed by atoms with Crippen LogP contribution in [0.1, 0.15) is 23.4 Å². The Hall–Kier alpha value is -1.92. The molecule has 0 amide bonds. The normalized spacial score (nSPS) is 18.9. The van der Waals surface area contributed by atoms with Gasteiger partial charge in [-0.3, -0.25) is 0 Å². The van der Waals surface area contributed by atoms with Gasteiger partial charge in [-0.15, -0.1) is 0 Å². The van der Waals surface area contributed by atoms with Gasteiger partial charge < -0.3 is 19.3 Å². The standard InChI is InChI=1S/C14H17N3O3/c1-18-11-5-3-2-4-10(11)8-13-16-14(20-17-13)12-9-15-6-7-19-12/h2-5,12,15H,6-9H2,1H3. The van der Waals surface area contributed by atoms with Crippen LogP contribution in [0.4, 0.5) is 0 Å². The molecule has 0 aliphatic carbocycles. The third kappa shape index (κ3) is 2.81. The number of hydrogen-bond donors (Lipinski definition) is 1. The number of aromatic nitrogens is 2. The molecule has 1 unspecified atom stereocenters. The highest BCUT2D eigenvalue weighted by atomic mass is 16.5. The minimum absolute atomic E-state index is 0.150. The summed E-state index contributed by atoms with van der Waals surface area (Å²) in [6.45, 7) is 2.23. The fourth-order valence-corrected chi connectivity index (χ4v) is 2.21. The Kier molecular flexibility index (Phi) is 3.94. The van der Waals surface area contributed by atoms with E-state index in [0.29, 0.717) is 31.3 Å². The lowest BCUT2D eigenvalue weighted by atomic mass is 10.1. The van der Waals surface area contributed by atoms with Gasteiger partial charge in [0.25, 0.3) is 5.89 Å². The van der Waals surface area contributed by atoms with E-state index in [1.165, 1.54) is 0 Å². The second-order valence-corrected chi connectivity index (χ2v) is 4.60. The number of hydrogen-bond acceptors (Lipinski definition) is 6. The largest absolute Gasteiger partial charge is 0.496 e. The molecule has 1 aliphatic rings. The molecule has 2 aromatic rings. The number of ether oxygens (including phenoxy) is 2. The fraction of sp³-hybridized carbons (Fsp3) is 0.429. The quantitative estimate of drug-likeness (QED) is 0.907. The van der Waals surface area contributed by atoms with Crippen LogP contribution < -0.4 is 10.1 Å². The number of morpholine rings is 1. The molecule has 0 saturated carbocycles. The van der Waals surface area contributed by atoms with Crippen LogP contribution in [-0.4, -0.2) is 36.9 Å². The lowest BCUT2D eigenvalue weighted by Gasteiger charge is -2.19. The Labute approximate surface area is 117 Å². The molecule has 1 aromatic carbocycles. The van der Waals surface area contributed by atoms with Crippen LogP contribution in [0.2, 0.25) is 0 Å². The van der Waals surface area contributed by atoms with E-state index in [2.05, 4.69) is 15.5 Å². The smallest absolute Gasteiger partial charge is 0.257 e. The first-order valence-corrected chi connectivity index (χ1v) is 6.63. The molecule has 20 heavy (non-hydrogen) atoms. The predicted molar refractivity (Wildman–Crippen MR) is 71.7 cm³/mol. The van der Waals surface area contributed by atoms with Gasteiger partial charge >= 0.3 is 0 Å². The van der Waals surface area contributed by atoms with Crippen molar-refractivity contribution in [3.8, 4) is 5.75 Å². The third-order valence-corrected chi connectivity index (χ3v) is 3.23. The maximum absolute atomic E-state index is 5.59. The molecule has 0 spiro atoms. The van der Waals surface area contributed by atoms with Crippen LogP contribution >= 0.6 is 0 Å². The molecule has 1 atom stereocenters. The highest BCUT2D eigenvalue weighted by molar-refractivity contribution is 5.35. The Bertz CT molecular complexity index is 564. The van der Waals surface area contributed by atoms with Crippen molar-refractivity contribution in [3.05, 3.63) is 41.5 Å². The van der Waals surface area contributed by atoms with Gasteiger partial charge in [-0.1, -0.05) is 23.4 Å². The molecular formula is C14H17N3O3. The third-order valence-electron chi connectivity index (χ3n) is 3.23. The van der Waals surface area contributed by atoms with Gasteiger partial charge in [0.1, 0.15) is 11.9 Å². The summed E-state index contributed by atoms with van der Waals surface area (Å²) in [6, 6.07) is 7.82. The van der Waals surface area contributed by atoms with Gasteiger partial charge in [0, 0.05) is 25.1 Å². The van der Waals surface area contributed by atoms with Gasteiger partial charge in [-0.25, -0.2) is 0 Å². The molecule has 6 heteroatoms. The van der Waals surface area contributed by atoms with Crippen molar-refractivity contribution in [2.24, 2.45) is 0 Å².